The lowest BCUT2D eigenvalue weighted by Crippen LogP contribution is -2.12. The minimum atomic E-state index is -4.61. The van der Waals surface area contributed by atoms with Gasteiger partial charge in [0.2, 0.25) is 0 Å². The van der Waals surface area contributed by atoms with E-state index >= 15 is 0 Å². The molecule has 3 N–H and O–H groups in total. The van der Waals surface area contributed by atoms with E-state index < -0.39 is 14.6 Å². The Kier molecular flexibility index (Phi) is 9.64. The van der Waals surface area contributed by atoms with Crippen molar-refractivity contribution in [3.63, 3.8) is 0 Å². The maximum absolute atomic E-state index is 12.7. The van der Waals surface area contributed by atoms with E-state index in [4.69, 9.17) is 19.5 Å². The Morgan fingerprint density at radius 3 is 2.63 bits per heavy atom. The van der Waals surface area contributed by atoms with Crippen molar-refractivity contribution < 1.29 is 28.4 Å². The monoisotopic (exact) mass is 623 g/mol. The number of halogens is 1. The molecule has 0 bridgehead atoms. The van der Waals surface area contributed by atoms with Crippen molar-refractivity contribution in [1.29, 1.82) is 0 Å². The molecule has 0 saturated heterocycles. The number of pyridine rings is 1. The molecule has 0 aliphatic rings. The quantitative estimate of drug-likeness (QED) is 0.0927. The largest absolute Gasteiger partial charge is 0.472 e. The third-order valence-corrected chi connectivity index (χ3v) is 7.28. The van der Waals surface area contributed by atoms with Crippen molar-refractivity contribution in [2.45, 2.75) is 45.6 Å². The number of hydrogen-bond acceptors (Lipinski definition) is 8. The summed E-state index contributed by atoms with van der Waals surface area (Å²) >= 11 is 4.81. The van der Waals surface area contributed by atoms with Gasteiger partial charge in [-0.15, -0.1) is 0 Å². The van der Waals surface area contributed by atoms with Crippen molar-refractivity contribution in [3.8, 4) is 17.0 Å². The second-order valence-electron chi connectivity index (χ2n) is 8.45. The van der Waals surface area contributed by atoms with Crippen LogP contribution in [0.1, 0.15) is 49.4 Å². The SMILES string of the molecule is CCCCCCCn1nc(NC(=O)c2cnsc2)c2cc(Br)c(-c3ccc(OCOP(=O)(O)O)cc3)nc21. The van der Waals surface area contributed by atoms with Crippen LogP contribution in [-0.4, -0.2) is 41.6 Å². The summed E-state index contributed by atoms with van der Waals surface area (Å²) in [6.45, 7) is 2.26. The average molecular weight is 624 g/mol. The summed E-state index contributed by atoms with van der Waals surface area (Å²) in [6, 6.07) is 8.76. The molecule has 0 aliphatic heterocycles. The zero-order valence-corrected chi connectivity index (χ0v) is 23.8. The number of fused-ring (bicyclic) bond motifs is 1. The van der Waals surface area contributed by atoms with Gasteiger partial charge in [-0.2, -0.15) is 5.10 Å². The Hall–Kier alpha value is -2.67. The molecule has 0 radical (unpaired) electrons. The normalized spacial score (nSPS) is 11.7. The molecule has 14 heteroatoms. The van der Waals surface area contributed by atoms with E-state index in [1.165, 1.54) is 24.2 Å². The van der Waals surface area contributed by atoms with Gasteiger partial charge in [0.15, 0.2) is 18.3 Å². The predicted molar refractivity (Wildman–Crippen MR) is 148 cm³/mol. The number of anilines is 1. The van der Waals surface area contributed by atoms with Crippen LogP contribution in [0.2, 0.25) is 0 Å². The van der Waals surface area contributed by atoms with Gasteiger partial charge >= 0.3 is 7.82 Å². The lowest BCUT2D eigenvalue weighted by atomic mass is 10.1. The topological polar surface area (TPSA) is 149 Å². The third-order valence-electron chi connectivity index (χ3n) is 5.65. The number of carbonyl (C=O) groups excluding carboxylic acids is 1. The van der Waals surface area contributed by atoms with Crippen molar-refractivity contribution in [2.75, 3.05) is 12.1 Å². The Bertz CT molecular complexity index is 1420. The van der Waals surface area contributed by atoms with Crippen LogP contribution >= 0.6 is 35.3 Å². The molecule has 4 rings (SSSR count). The van der Waals surface area contributed by atoms with Crippen molar-refractivity contribution >= 4 is 58.0 Å². The van der Waals surface area contributed by atoms with Crippen molar-refractivity contribution in [3.05, 3.63) is 51.9 Å². The highest BCUT2D eigenvalue weighted by molar-refractivity contribution is 9.10. The average Bonchev–Trinajstić information content (AvgIpc) is 3.52. The third kappa shape index (κ3) is 7.46. The van der Waals surface area contributed by atoms with Crippen LogP contribution in [0.15, 0.2) is 46.4 Å². The van der Waals surface area contributed by atoms with Crippen LogP contribution in [0.3, 0.4) is 0 Å². The van der Waals surface area contributed by atoms with E-state index in [1.54, 1.807) is 29.6 Å². The summed E-state index contributed by atoms with van der Waals surface area (Å²) in [7, 11) is -4.61. The minimum absolute atomic E-state index is 0.285. The summed E-state index contributed by atoms with van der Waals surface area (Å²) < 4.78 is 26.9. The van der Waals surface area contributed by atoms with E-state index in [9.17, 15) is 9.36 Å². The number of aromatic nitrogens is 4. The number of aryl methyl sites for hydroxylation is 1. The molecule has 11 nitrogen and oxygen atoms in total. The van der Waals surface area contributed by atoms with E-state index in [-0.39, 0.29) is 5.91 Å². The van der Waals surface area contributed by atoms with Gasteiger partial charge in [0, 0.05) is 22.0 Å². The lowest BCUT2D eigenvalue weighted by molar-refractivity contribution is 0.0829. The lowest BCUT2D eigenvalue weighted by Gasteiger charge is -2.10. The molecule has 3 aromatic heterocycles. The van der Waals surface area contributed by atoms with Crippen LogP contribution in [0.5, 0.6) is 5.75 Å². The summed E-state index contributed by atoms with van der Waals surface area (Å²) in [5.41, 5.74) is 2.57. The Morgan fingerprint density at radius 1 is 1.18 bits per heavy atom. The predicted octanol–water partition coefficient (Wildman–Crippen LogP) is 5.99. The van der Waals surface area contributed by atoms with Gasteiger partial charge in [-0.3, -0.25) is 4.79 Å². The molecular weight excluding hydrogens is 597 g/mol. The molecule has 38 heavy (non-hydrogen) atoms. The molecule has 1 aromatic carbocycles. The van der Waals surface area contributed by atoms with Crippen LogP contribution in [0, 0.1) is 0 Å². The van der Waals surface area contributed by atoms with Crippen LogP contribution in [0.4, 0.5) is 5.82 Å². The van der Waals surface area contributed by atoms with Gasteiger partial charge in [0.1, 0.15) is 5.75 Å². The van der Waals surface area contributed by atoms with E-state index in [2.05, 4.69) is 42.2 Å². The molecule has 0 fully saturated rings. The fraction of sp³-hybridized carbons (Fsp3) is 0.333. The molecule has 0 spiro atoms. The Morgan fingerprint density at radius 2 is 1.95 bits per heavy atom. The first-order valence-electron chi connectivity index (χ1n) is 12.0. The highest BCUT2D eigenvalue weighted by atomic mass is 79.9. The van der Waals surface area contributed by atoms with Crippen LogP contribution in [-0.2, 0) is 15.6 Å². The number of hydrogen-bond donors (Lipinski definition) is 3. The number of rotatable bonds is 13. The van der Waals surface area contributed by atoms with Crippen LogP contribution < -0.4 is 10.1 Å². The maximum atomic E-state index is 12.7. The zero-order valence-electron chi connectivity index (χ0n) is 20.5. The first-order valence-corrected chi connectivity index (χ1v) is 15.1. The van der Waals surface area contributed by atoms with Crippen molar-refractivity contribution in [1.82, 2.24) is 19.1 Å². The van der Waals surface area contributed by atoms with Gasteiger partial charge in [-0.05, 0) is 64.2 Å². The number of phosphoric ester groups is 1. The summed E-state index contributed by atoms with van der Waals surface area (Å²) in [5, 5.41) is 9.97. The van der Waals surface area contributed by atoms with E-state index in [0.717, 1.165) is 31.2 Å². The molecule has 0 atom stereocenters. The molecule has 4 aromatic rings. The molecular formula is C24H27BrN5O6PS. The fourth-order valence-corrected chi connectivity index (χ4v) is 5.01. The number of nitrogens with zero attached hydrogens (tertiary/aromatic N) is 4. The van der Waals surface area contributed by atoms with Crippen molar-refractivity contribution in [2.24, 2.45) is 0 Å². The first kappa shape index (κ1) is 28.3. The van der Waals surface area contributed by atoms with Gasteiger partial charge in [-0.1, -0.05) is 32.6 Å². The number of benzene rings is 1. The number of carbonyl (C=O) groups is 1. The van der Waals surface area contributed by atoms with Gasteiger partial charge in [0.05, 0.1) is 22.8 Å². The molecule has 0 saturated carbocycles. The smallest absolute Gasteiger partial charge is 0.467 e. The van der Waals surface area contributed by atoms with E-state index in [1.807, 2.05) is 10.7 Å². The highest BCUT2D eigenvalue weighted by Crippen LogP contribution is 2.36. The number of ether oxygens (including phenoxy) is 1. The van der Waals surface area contributed by atoms with Gasteiger partial charge in [0.25, 0.3) is 5.91 Å². The Labute approximate surface area is 231 Å². The van der Waals surface area contributed by atoms with E-state index in [0.29, 0.717) is 44.9 Å². The van der Waals surface area contributed by atoms with Gasteiger partial charge < -0.3 is 19.8 Å². The first-order chi connectivity index (χ1) is 18.2. The molecule has 3 heterocycles. The van der Waals surface area contributed by atoms with Gasteiger partial charge in [-0.25, -0.2) is 23.1 Å². The zero-order chi connectivity index (χ0) is 27.1. The molecule has 0 aliphatic carbocycles. The minimum Gasteiger partial charge on any atom is -0.467 e. The molecule has 202 valence electrons. The standard InChI is InChI=1S/C24H27BrN5O6PS/c1-2-3-4-5-6-11-30-23-19(22(29-30)28-24(31)17-13-26-38-14-17)12-20(25)21(27-23)16-7-9-18(10-8-16)35-15-36-37(32,33)34/h7-10,12-14H,2-6,11,15H2,1H3,(H,28,29,31)(H2,32,33,34). The number of unbranched alkanes of at least 4 members (excludes halogenated alkanes) is 4. The second kappa shape index (κ2) is 12.9. The molecule has 0 unspecified atom stereocenters. The highest BCUT2D eigenvalue weighted by Gasteiger charge is 2.19. The fourth-order valence-electron chi connectivity index (χ4n) is 3.76. The summed E-state index contributed by atoms with van der Waals surface area (Å²) in [4.78, 5) is 35.2. The Balaban J connectivity index is 1.60. The number of nitrogens with one attached hydrogen (secondary N) is 1. The summed E-state index contributed by atoms with van der Waals surface area (Å²) in [6.07, 6.45) is 7.05. The maximum Gasteiger partial charge on any atom is 0.472 e. The molecule has 1 amide bonds. The number of amides is 1. The summed E-state index contributed by atoms with van der Waals surface area (Å²) in [5.74, 6) is 0.523. The number of phosphoric acid groups is 1. The second-order valence-corrected chi connectivity index (χ2v) is 11.2. The van der Waals surface area contributed by atoms with Crippen LogP contribution in [0.25, 0.3) is 22.3 Å².